The zero-order valence-corrected chi connectivity index (χ0v) is 12.6. The van der Waals surface area contributed by atoms with Crippen LogP contribution in [-0.4, -0.2) is 33.2 Å². The molecule has 0 bridgehead atoms. The van der Waals surface area contributed by atoms with Crippen LogP contribution in [-0.2, 0) is 4.79 Å². The van der Waals surface area contributed by atoms with Crippen molar-refractivity contribution in [3.63, 3.8) is 0 Å². The number of aliphatic carboxylic acids is 1. The monoisotopic (exact) mass is 293 g/mol. The van der Waals surface area contributed by atoms with Crippen LogP contribution >= 0.6 is 0 Å². The fourth-order valence-corrected chi connectivity index (χ4v) is 2.73. The average Bonchev–Trinajstić information content (AvgIpc) is 2.45. The Hall–Kier alpha value is -1.85. The van der Waals surface area contributed by atoms with Crippen LogP contribution in [0.25, 0.3) is 0 Å². The molecule has 2 rings (SSSR count). The number of nitrogens with one attached hydrogen (secondary N) is 1. The third-order valence-electron chi connectivity index (χ3n) is 3.69. The molecule has 2 N–H and O–H groups in total. The zero-order valence-electron chi connectivity index (χ0n) is 12.6. The molecule has 0 radical (unpaired) electrons. The highest BCUT2D eigenvalue weighted by Crippen LogP contribution is 2.28. The normalized spacial score (nSPS) is 17.5. The number of carbonyl (C=O) groups is 1. The van der Waals surface area contributed by atoms with Gasteiger partial charge in [-0.15, -0.1) is 0 Å². The molecule has 1 atom stereocenters. The van der Waals surface area contributed by atoms with E-state index in [1.807, 2.05) is 13.8 Å². The second-order valence-electron chi connectivity index (χ2n) is 5.77. The van der Waals surface area contributed by atoms with E-state index in [9.17, 15) is 9.90 Å². The second kappa shape index (κ2) is 7.24. The molecular formula is C15H23N3O3. The second-order valence-corrected chi connectivity index (χ2v) is 5.77. The van der Waals surface area contributed by atoms with Gasteiger partial charge in [0.2, 0.25) is 5.88 Å². The van der Waals surface area contributed by atoms with Crippen LogP contribution in [0.3, 0.4) is 0 Å². The summed E-state index contributed by atoms with van der Waals surface area (Å²) in [5.41, 5.74) is 0. The fraction of sp³-hybridized carbons (Fsp3) is 0.667. The van der Waals surface area contributed by atoms with Gasteiger partial charge in [0.15, 0.2) is 0 Å². The molecule has 1 aromatic heterocycles. The Morgan fingerprint density at radius 2 is 2.05 bits per heavy atom. The number of carboxylic acids is 1. The maximum atomic E-state index is 11.5. The highest BCUT2D eigenvalue weighted by Gasteiger charge is 2.29. The molecule has 1 heterocycles. The number of anilines is 1. The highest BCUT2D eigenvalue weighted by molar-refractivity contribution is 5.77. The van der Waals surface area contributed by atoms with Crippen molar-refractivity contribution < 1.29 is 14.6 Å². The van der Waals surface area contributed by atoms with Gasteiger partial charge in [-0.25, -0.2) is 14.8 Å². The number of nitrogens with zero attached hydrogens (tertiary/aromatic N) is 2. The lowest BCUT2D eigenvalue weighted by Crippen LogP contribution is -2.38. The average molecular weight is 293 g/mol. The summed E-state index contributed by atoms with van der Waals surface area (Å²) in [6.45, 7) is 3.83. The van der Waals surface area contributed by atoms with Gasteiger partial charge in [-0.05, 0) is 32.6 Å². The third kappa shape index (κ3) is 4.58. The summed E-state index contributed by atoms with van der Waals surface area (Å²) in [5.74, 6) is 0.279. The molecule has 0 spiro atoms. The minimum Gasteiger partial charge on any atom is -0.480 e. The van der Waals surface area contributed by atoms with Crippen molar-refractivity contribution in [1.29, 1.82) is 0 Å². The van der Waals surface area contributed by atoms with Gasteiger partial charge >= 0.3 is 5.97 Å². The summed E-state index contributed by atoms with van der Waals surface area (Å²) in [4.78, 5) is 19.7. The summed E-state index contributed by atoms with van der Waals surface area (Å²) in [5, 5.41) is 12.5. The van der Waals surface area contributed by atoms with E-state index in [2.05, 4.69) is 15.3 Å². The maximum absolute atomic E-state index is 11.5. The van der Waals surface area contributed by atoms with E-state index in [-0.39, 0.29) is 12.0 Å². The lowest BCUT2D eigenvalue weighted by atomic mass is 9.84. The Balaban J connectivity index is 2.07. The van der Waals surface area contributed by atoms with E-state index in [1.165, 1.54) is 12.7 Å². The van der Waals surface area contributed by atoms with Crippen molar-refractivity contribution in [2.75, 3.05) is 5.32 Å². The Morgan fingerprint density at radius 3 is 2.67 bits per heavy atom. The Labute approximate surface area is 124 Å². The molecule has 1 saturated carbocycles. The van der Waals surface area contributed by atoms with Crippen molar-refractivity contribution in [3.05, 3.63) is 12.4 Å². The molecule has 1 aliphatic carbocycles. The first-order valence-corrected chi connectivity index (χ1v) is 7.54. The third-order valence-corrected chi connectivity index (χ3v) is 3.69. The number of ether oxygens (including phenoxy) is 1. The molecule has 0 amide bonds. The molecule has 1 unspecified atom stereocenters. The lowest BCUT2D eigenvalue weighted by molar-refractivity contribution is -0.139. The Kier molecular flexibility index (Phi) is 5.36. The molecule has 6 nitrogen and oxygen atoms in total. The van der Waals surface area contributed by atoms with Crippen LogP contribution in [0.4, 0.5) is 5.82 Å². The van der Waals surface area contributed by atoms with Gasteiger partial charge in [0.25, 0.3) is 0 Å². The number of carboxylic acid groups (broad SMARTS) is 1. The van der Waals surface area contributed by atoms with E-state index in [0.29, 0.717) is 11.7 Å². The highest BCUT2D eigenvalue weighted by atomic mass is 16.5. The van der Waals surface area contributed by atoms with Crippen LogP contribution < -0.4 is 10.1 Å². The standard InChI is InChI=1S/C15H23N3O3/c1-10(2)21-13-8-12(16-9-17-13)18-14(15(19)20)11-6-4-3-5-7-11/h8-11,14H,3-7H2,1-2H3,(H,19,20)(H,16,17,18). The van der Waals surface area contributed by atoms with E-state index < -0.39 is 12.0 Å². The van der Waals surface area contributed by atoms with Crippen LogP contribution in [0.1, 0.15) is 46.0 Å². The first-order valence-electron chi connectivity index (χ1n) is 7.54. The summed E-state index contributed by atoms with van der Waals surface area (Å²) < 4.78 is 5.50. The lowest BCUT2D eigenvalue weighted by Gasteiger charge is -2.28. The molecular weight excluding hydrogens is 270 g/mol. The van der Waals surface area contributed by atoms with Crippen molar-refractivity contribution in [2.24, 2.45) is 5.92 Å². The maximum Gasteiger partial charge on any atom is 0.326 e. The van der Waals surface area contributed by atoms with Crippen LogP contribution in [0.2, 0.25) is 0 Å². The van der Waals surface area contributed by atoms with Crippen molar-refractivity contribution >= 4 is 11.8 Å². The predicted molar refractivity (Wildman–Crippen MR) is 79.4 cm³/mol. The van der Waals surface area contributed by atoms with Gasteiger partial charge in [-0.2, -0.15) is 0 Å². The van der Waals surface area contributed by atoms with Gasteiger partial charge in [0, 0.05) is 6.07 Å². The molecule has 0 aliphatic heterocycles. The first-order chi connectivity index (χ1) is 10.1. The topological polar surface area (TPSA) is 84.3 Å². The first kappa shape index (κ1) is 15.5. The van der Waals surface area contributed by atoms with Gasteiger partial charge in [-0.3, -0.25) is 0 Å². The number of aromatic nitrogens is 2. The van der Waals surface area contributed by atoms with Crippen molar-refractivity contribution in [1.82, 2.24) is 9.97 Å². The molecule has 116 valence electrons. The van der Waals surface area contributed by atoms with Crippen LogP contribution in [0.5, 0.6) is 5.88 Å². The predicted octanol–water partition coefficient (Wildman–Crippen LogP) is 2.71. The molecule has 1 aromatic rings. The summed E-state index contributed by atoms with van der Waals surface area (Å²) >= 11 is 0. The Bertz CT molecular complexity index is 473. The van der Waals surface area contributed by atoms with Crippen molar-refractivity contribution in [3.8, 4) is 5.88 Å². The van der Waals surface area contributed by atoms with Gasteiger partial charge < -0.3 is 15.2 Å². The smallest absolute Gasteiger partial charge is 0.326 e. The SMILES string of the molecule is CC(C)Oc1cc(NC(C(=O)O)C2CCCCC2)ncn1. The number of rotatable bonds is 6. The molecule has 0 aromatic carbocycles. The van der Waals surface area contributed by atoms with Crippen LogP contribution in [0, 0.1) is 5.92 Å². The van der Waals surface area contributed by atoms with E-state index in [4.69, 9.17) is 4.74 Å². The summed E-state index contributed by atoms with van der Waals surface area (Å²) in [6, 6.07) is 1.05. The zero-order chi connectivity index (χ0) is 15.2. The van der Waals surface area contributed by atoms with Crippen molar-refractivity contribution in [2.45, 2.75) is 58.1 Å². The minimum atomic E-state index is -0.827. The van der Waals surface area contributed by atoms with E-state index >= 15 is 0 Å². The largest absolute Gasteiger partial charge is 0.480 e. The van der Waals surface area contributed by atoms with E-state index in [1.54, 1.807) is 6.07 Å². The number of hydrogen-bond acceptors (Lipinski definition) is 5. The van der Waals surface area contributed by atoms with Crippen LogP contribution in [0.15, 0.2) is 12.4 Å². The molecule has 21 heavy (non-hydrogen) atoms. The van der Waals surface area contributed by atoms with E-state index in [0.717, 1.165) is 25.7 Å². The Morgan fingerprint density at radius 1 is 1.33 bits per heavy atom. The molecule has 6 heteroatoms. The minimum absolute atomic E-state index is 0.0152. The van der Waals surface area contributed by atoms with Gasteiger partial charge in [-0.1, -0.05) is 19.3 Å². The van der Waals surface area contributed by atoms with Gasteiger partial charge in [0.05, 0.1) is 6.10 Å². The van der Waals surface area contributed by atoms with Gasteiger partial charge in [0.1, 0.15) is 18.2 Å². The number of hydrogen-bond donors (Lipinski definition) is 2. The summed E-state index contributed by atoms with van der Waals surface area (Å²) in [6.07, 6.45) is 6.70. The molecule has 1 aliphatic rings. The quantitative estimate of drug-likeness (QED) is 0.839. The fourth-order valence-electron chi connectivity index (χ4n) is 2.73. The summed E-state index contributed by atoms with van der Waals surface area (Å²) in [7, 11) is 0. The molecule has 1 fully saturated rings. The molecule has 0 saturated heterocycles.